The van der Waals surface area contributed by atoms with Crippen molar-refractivity contribution in [1.82, 2.24) is 20.2 Å². The second-order valence-corrected chi connectivity index (χ2v) is 7.47. The van der Waals surface area contributed by atoms with Crippen molar-refractivity contribution in [3.63, 3.8) is 0 Å². The molecule has 29 heavy (non-hydrogen) atoms. The topological polar surface area (TPSA) is 75.2 Å². The number of likely N-dealkylation sites (tertiary alicyclic amines) is 1. The Kier molecular flexibility index (Phi) is 6.90. The highest BCUT2D eigenvalue weighted by Gasteiger charge is 2.26. The SMILES string of the molecule is CCCC(=O)N1CCCC(c2ncc(C(=O)NCc3ccc(F)cc3)c(C)n2)C1. The van der Waals surface area contributed by atoms with Crippen LogP contribution in [0.15, 0.2) is 30.5 Å². The minimum absolute atomic E-state index is 0.0968. The maximum absolute atomic E-state index is 13.0. The van der Waals surface area contributed by atoms with E-state index in [1.807, 2.05) is 11.8 Å². The van der Waals surface area contributed by atoms with Crippen LogP contribution in [-0.2, 0) is 11.3 Å². The van der Waals surface area contributed by atoms with Crippen LogP contribution in [0.5, 0.6) is 0 Å². The number of piperidine rings is 1. The van der Waals surface area contributed by atoms with Gasteiger partial charge < -0.3 is 10.2 Å². The number of amides is 2. The fourth-order valence-corrected chi connectivity index (χ4v) is 3.57. The van der Waals surface area contributed by atoms with Crippen LogP contribution < -0.4 is 5.32 Å². The normalized spacial score (nSPS) is 16.5. The molecular weight excluding hydrogens is 371 g/mol. The summed E-state index contributed by atoms with van der Waals surface area (Å²) in [6.45, 7) is 5.52. The summed E-state index contributed by atoms with van der Waals surface area (Å²) in [5.74, 6) is 0.399. The third-order valence-electron chi connectivity index (χ3n) is 5.21. The van der Waals surface area contributed by atoms with Gasteiger partial charge in [0.05, 0.1) is 11.3 Å². The van der Waals surface area contributed by atoms with Gasteiger partial charge in [0.25, 0.3) is 5.91 Å². The van der Waals surface area contributed by atoms with E-state index >= 15 is 0 Å². The minimum atomic E-state index is -0.308. The van der Waals surface area contributed by atoms with E-state index in [1.54, 1.807) is 25.3 Å². The van der Waals surface area contributed by atoms with Crippen molar-refractivity contribution in [2.24, 2.45) is 0 Å². The van der Waals surface area contributed by atoms with E-state index in [2.05, 4.69) is 15.3 Å². The van der Waals surface area contributed by atoms with Gasteiger partial charge in [-0.05, 0) is 43.9 Å². The van der Waals surface area contributed by atoms with Crippen molar-refractivity contribution in [3.8, 4) is 0 Å². The third kappa shape index (κ3) is 5.37. The molecule has 6 nitrogen and oxygen atoms in total. The highest BCUT2D eigenvalue weighted by Crippen LogP contribution is 2.25. The highest BCUT2D eigenvalue weighted by atomic mass is 19.1. The first-order valence-electron chi connectivity index (χ1n) is 10.1. The van der Waals surface area contributed by atoms with Gasteiger partial charge >= 0.3 is 0 Å². The highest BCUT2D eigenvalue weighted by molar-refractivity contribution is 5.94. The third-order valence-corrected chi connectivity index (χ3v) is 5.21. The van der Waals surface area contributed by atoms with Crippen LogP contribution in [0.3, 0.4) is 0 Å². The lowest BCUT2D eigenvalue weighted by molar-refractivity contribution is -0.132. The van der Waals surface area contributed by atoms with Gasteiger partial charge in [-0.1, -0.05) is 19.1 Å². The van der Waals surface area contributed by atoms with E-state index < -0.39 is 0 Å². The van der Waals surface area contributed by atoms with Gasteiger partial charge in [0.15, 0.2) is 0 Å². The smallest absolute Gasteiger partial charge is 0.254 e. The average Bonchev–Trinajstić information content (AvgIpc) is 2.73. The molecule has 0 saturated carbocycles. The predicted molar refractivity (Wildman–Crippen MR) is 108 cm³/mol. The molecule has 1 atom stereocenters. The van der Waals surface area contributed by atoms with Crippen LogP contribution in [-0.4, -0.2) is 39.8 Å². The van der Waals surface area contributed by atoms with Gasteiger partial charge in [0, 0.05) is 38.2 Å². The Labute approximate surface area is 170 Å². The van der Waals surface area contributed by atoms with Gasteiger partial charge in [-0.2, -0.15) is 0 Å². The minimum Gasteiger partial charge on any atom is -0.348 e. The summed E-state index contributed by atoms with van der Waals surface area (Å²) in [5, 5.41) is 2.82. The number of halogens is 1. The summed E-state index contributed by atoms with van der Waals surface area (Å²) >= 11 is 0. The number of carbonyl (C=O) groups excluding carboxylic acids is 2. The summed E-state index contributed by atoms with van der Waals surface area (Å²) in [5.41, 5.74) is 1.85. The number of nitrogens with one attached hydrogen (secondary N) is 1. The van der Waals surface area contributed by atoms with Crippen molar-refractivity contribution in [2.75, 3.05) is 13.1 Å². The molecule has 1 unspecified atom stereocenters. The van der Waals surface area contributed by atoms with Gasteiger partial charge in [-0.3, -0.25) is 9.59 Å². The van der Waals surface area contributed by atoms with Crippen molar-refractivity contribution < 1.29 is 14.0 Å². The molecule has 2 heterocycles. The molecule has 1 aliphatic rings. The summed E-state index contributed by atoms with van der Waals surface area (Å²) in [6.07, 6.45) is 4.84. The standard InChI is InChI=1S/C22H27FN4O2/c1-3-5-20(28)27-11-4-6-17(14-27)21-24-13-19(15(2)26-21)22(29)25-12-16-7-9-18(23)10-8-16/h7-10,13,17H,3-6,11-12,14H2,1-2H3,(H,25,29). The molecule has 154 valence electrons. The Morgan fingerprint density at radius 3 is 2.72 bits per heavy atom. The van der Waals surface area contributed by atoms with Crippen molar-refractivity contribution in [3.05, 3.63) is 58.9 Å². The zero-order chi connectivity index (χ0) is 20.8. The number of aromatic nitrogens is 2. The molecule has 2 aromatic rings. The van der Waals surface area contributed by atoms with Crippen molar-refractivity contribution in [2.45, 2.75) is 52.0 Å². The molecule has 0 spiro atoms. The number of aryl methyl sites for hydroxylation is 1. The van der Waals surface area contributed by atoms with E-state index in [0.29, 0.717) is 36.6 Å². The lowest BCUT2D eigenvalue weighted by Gasteiger charge is -2.32. The quantitative estimate of drug-likeness (QED) is 0.810. The number of hydrogen-bond acceptors (Lipinski definition) is 4. The Morgan fingerprint density at radius 2 is 2.03 bits per heavy atom. The first-order chi connectivity index (χ1) is 14.0. The molecule has 2 amide bonds. The summed E-state index contributed by atoms with van der Waals surface area (Å²) in [7, 11) is 0. The molecule has 7 heteroatoms. The lowest BCUT2D eigenvalue weighted by Crippen LogP contribution is -2.39. The number of rotatable bonds is 6. The number of carbonyl (C=O) groups is 2. The number of benzene rings is 1. The molecule has 1 aromatic heterocycles. The maximum atomic E-state index is 13.0. The fourth-order valence-electron chi connectivity index (χ4n) is 3.57. The molecule has 1 N–H and O–H groups in total. The molecule has 1 saturated heterocycles. The molecule has 0 aliphatic carbocycles. The summed E-state index contributed by atoms with van der Waals surface area (Å²) in [4.78, 5) is 35.6. The first kappa shape index (κ1) is 20.9. The molecular formula is C22H27FN4O2. The van der Waals surface area contributed by atoms with E-state index in [9.17, 15) is 14.0 Å². The van der Waals surface area contributed by atoms with E-state index in [-0.39, 0.29) is 23.5 Å². The average molecular weight is 398 g/mol. The molecule has 1 aromatic carbocycles. The zero-order valence-electron chi connectivity index (χ0n) is 16.9. The van der Waals surface area contributed by atoms with Gasteiger partial charge in [-0.25, -0.2) is 14.4 Å². The van der Waals surface area contributed by atoms with Crippen molar-refractivity contribution >= 4 is 11.8 Å². The molecule has 1 aliphatic heterocycles. The summed E-state index contributed by atoms with van der Waals surface area (Å²) < 4.78 is 13.0. The van der Waals surface area contributed by atoms with Crippen LogP contribution >= 0.6 is 0 Å². The molecule has 3 rings (SSSR count). The second-order valence-electron chi connectivity index (χ2n) is 7.47. The Bertz CT molecular complexity index is 870. The maximum Gasteiger partial charge on any atom is 0.254 e. The van der Waals surface area contributed by atoms with Crippen LogP contribution in [0.2, 0.25) is 0 Å². The predicted octanol–water partition coefficient (Wildman–Crippen LogP) is 3.36. The van der Waals surface area contributed by atoms with Crippen LogP contribution in [0.1, 0.15) is 66.0 Å². The Morgan fingerprint density at radius 1 is 1.28 bits per heavy atom. The fraction of sp³-hybridized carbons (Fsp3) is 0.455. The lowest BCUT2D eigenvalue weighted by atomic mass is 9.96. The summed E-state index contributed by atoms with van der Waals surface area (Å²) in [6, 6.07) is 6.00. The van der Waals surface area contributed by atoms with Crippen LogP contribution in [0.4, 0.5) is 4.39 Å². The van der Waals surface area contributed by atoms with E-state index in [1.165, 1.54) is 12.1 Å². The van der Waals surface area contributed by atoms with Crippen LogP contribution in [0, 0.1) is 12.7 Å². The molecule has 0 bridgehead atoms. The number of hydrogen-bond donors (Lipinski definition) is 1. The molecule has 0 radical (unpaired) electrons. The van der Waals surface area contributed by atoms with Gasteiger partial charge in [-0.15, -0.1) is 0 Å². The number of nitrogens with zero attached hydrogens (tertiary/aromatic N) is 3. The monoisotopic (exact) mass is 398 g/mol. The first-order valence-corrected chi connectivity index (χ1v) is 10.1. The van der Waals surface area contributed by atoms with Gasteiger partial charge in [0.1, 0.15) is 11.6 Å². The Hall–Kier alpha value is -2.83. The zero-order valence-corrected chi connectivity index (χ0v) is 16.9. The van der Waals surface area contributed by atoms with E-state index in [4.69, 9.17) is 0 Å². The van der Waals surface area contributed by atoms with Gasteiger partial charge in [0.2, 0.25) is 5.91 Å². The van der Waals surface area contributed by atoms with E-state index in [0.717, 1.165) is 31.4 Å². The van der Waals surface area contributed by atoms with Crippen LogP contribution in [0.25, 0.3) is 0 Å². The Balaban J connectivity index is 1.63. The largest absolute Gasteiger partial charge is 0.348 e. The second kappa shape index (κ2) is 9.58. The van der Waals surface area contributed by atoms with Crippen molar-refractivity contribution in [1.29, 1.82) is 0 Å². The molecule has 1 fully saturated rings.